The number of anilines is 1. The monoisotopic (exact) mass is 356 g/mol. The molecule has 1 fully saturated rings. The van der Waals surface area contributed by atoms with Gasteiger partial charge >= 0.3 is 6.01 Å². The third-order valence-electron chi connectivity index (χ3n) is 4.76. The standard InChI is InChI=1S/C20H28N4O2/c1-14(2)17-21-22-19(26-17)24-12-10-23(11-13-24)18(25)15-6-8-16(9-7-15)20(3,4)5/h6-9,14H,10-13H2,1-5H3. The van der Waals surface area contributed by atoms with E-state index in [2.05, 4.69) is 43.1 Å². The first-order chi connectivity index (χ1) is 12.3. The quantitative estimate of drug-likeness (QED) is 0.843. The highest BCUT2D eigenvalue weighted by Crippen LogP contribution is 2.23. The van der Waals surface area contributed by atoms with Crippen molar-refractivity contribution >= 4 is 11.9 Å². The van der Waals surface area contributed by atoms with Crippen molar-refractivity contribution in [2.45, 2.75) is 46.0 Å². The van der Waals surface area contributed by atoms with Crippen LogP contribution >= 0.6 is 0 Å². The zero-order valence-electron chi connectivity index (χ0n) is 16.3. The summed E-state index contributed by atoms with van der Waals surface area (Å²) in [5.41, 5.74) is 2.06. The van der Waals surface area contributed by atoms with Crippen molar-refractivity contribution in [2.75, 3.05) is 31.1 Å². The first kappa shape index (κ1) is 18.4. The largest absolute Gasteiger partial charge is 0.408 e. The van der Waals surface area contributed by atoms with E-state index >= 15 is 0 Å². The number of carbonyl (C=O) groups is 1. The van der Waals surface area contributed by atoms with Crippen molar-refractivity contribution in [3.63, 3.8) is 0 Å². The molecule has 140 valence electrons. The van der Waals surface area contributed by atoms with Gasteiger partial charge in [0.05, 0.1) is 0 Å². The van der Waals surface area contributed by atoms with Crippen LogP contribution in [-0.4, -0.2) is 47.2 Å². The van der Waals surface area contributed by atoms with Gasteiger partial charge in [-0.05, 0) is 23.1 Å². The molecule has 6 nitrogen and oxygen atoms in total. The molecule has 0 spiro atoms. The van der Waals surface area contributed by atoms with Gasteiger partial charge in [0.15, 0.2) is 0 Å². The van der Waals surface area contributed by atoms with E-state index in [4.69, 9.17) is 4.42 Å². The molecule has 1 aliphatic heterocycles. The van der Waals surface area contributed by atoms with Gasteiger partial charge in [0, 0.05) is 37.7 Å². The Morgan fingerprint density at radius 1 is 1.04 bits per heavy atom. The molecule has 0 N–H and O–H groups in total. The minimum Gasteiger partial charge on any atom is -0.408 e. The van der Waals surface area contributed by atoms with E-state index in [0.29, 0.717) is 38.1 Å². The molecule has 6 heteroatoms. The van der Waals surface area contributed by atoms with E-state index in [1.54, 1.807) is 0 Å². The average Bonchev–Trinajstić information content (AvgIpc) is 3.11. The Kier molecular flexibility index (Phi) is 5.03. The van der Waals surface area contributed by atoms with Gasteiger partial charge in [-0.3, -0.25) is 4.79 Å². The van der Waals surface area contributed by atoms with Crippen LogP contribution < -0.4 is 4.90 Å². The molecule has 0 unspecified atom stereocenters. The number of piperazine rings is 1. The Hall–Kier alpha value is -2.37. The van der Waals surface area contributed by atoms with Gasteiger partial charge in [-0.2, -0.15) is 0 Å². The molecule has 0 atom stereocenters. The Balaban J connectivity index is 1.61. The number of benzene rings is 1. The molecule has 2 aromatic rings. The molecule has 1 saturated heterocycles. The number of hydrogen-bond acceptors (Lipinski definition) is 5. The number of hydrogen-bond donors (Lipinski definition) is 0. The van der Waals surface area contributed by atoms with Crippen LogP contribution in [0.3, 0.4) is 0 Å². The number of aromatic nitrogens is 2. The summed E-state index contributed by atoms with van der Waals surface area (Å²) in [7, 11) is 0. The molecule has 0 saturated carbocycles. The molecular weight excluding hydrogens is 328 g/mol. The Morgan fingerprint density at radius 2 is 1.65 bits per heavy atom. The van der Waals surface area contributed by atoms with Gasteiger partial charge in [0.2, 0.25) is 5.89 Å². The summed E-state index contributed by atoms with van der Waals surface area (Å²) in [6, 6.07) is 8.52. The smallest absolute Gasteiger partial charge is 0.318 e. The van der Waals surface area contributed by atoms with Crippen LogP contribution in [0.15, 0.2) is 28.7 Å². The zero-order valence-corrected chi connectivity index (χ0v) is 16.3. The number of amides is 1. The van der Waals surface area contributed by atoms with Crippen molar-refractivity contribution in [1.29, 1.82) is 0 Å². The first-order valence-electron chi connectivity index (χ1n) is 9.24. The highest BCUT2D eigenvalue weighted by molar-refractivity contribution is 5.94. The van der Waals surface area contributed by atoms with E-state index in [0.717, 1.165) is 5.56 Å². The van der Waals surface area contributed by atoms with Crippen LogP contribution in [0, 0.1) is 0 Å². The minimum absolute atomic E-state index is 0.0820. The van der Waals surface area contributed by atoms with Crippen LogP contribution in [0.2, 0.25) is 0 Å². The third kappa shape index (κ3) is 3.89. The van der Waals surface area contributed by atoms with Crippen molar-refractivity contribution in [1.82, 2.24) is 15.1 Å². The van der Waals surface area contributed by atoms with Crippen LogP contribution in [0.1, 0.15) is 62.3 Å². The topological polar surface area (TPSA) is 62.5 Å². The summed E-state index contributed by atoms with van der Waals surface area (Å²) >= 11 is 0. The molecule has 0 radical (unpaired) electrons. The number of rotatable bonds is 3. The third-order valence-corrected chi connectivity index (χ3v) is 4.76. The molecule has 0 bridgehead atoms. The van der Waals surface area contributed by atoms with E-state index < -0.39 is 0 Å². The lowest BCUT2D eigenvalue weighted by molar-refractivity contribution is 0.0745. The average molecular weight is 356 g/mol. The Morgan fingerprint density at radius 3 is 2.15 bits per heavy atom. The predicted molar refractivity (Wildman–Crippen MR) is 102 cm³/mol. The fourth-order valence-corrected chi connectivity index (χ4v) is 2.98. The fourth-order valence-electron chi connectivity index (χ4n) is 2.98. The molecule has 26 heavy (non-hydrogen) atoms. The van der Waals surface area contributed by atoms with Crippen molar-refractivity contribution in [2.24, 2.45) is 0 Å². The van der Waals surface area contributed by atoms with Crippen LogP contribution in [0.5, 0.6) is 0 Å². The zero-order chi connectivity index (χ0) is 18.9. The van der Waals surface area contributed by atoms with Gasteiger partial charge in [-0.15, -0.1) is 5.10 Å². The maximum atomic E-state index is 12.8. The summed E-state index contributed by atoms with van der Waals surface area (Å²) in [6.07, 6.45) is 0. The highest BCUT2D eigenvalue weighted by Gasteiger charge is 2.25. The maximum absolute atomic E-state index is 12.8. The van der Waals surface area contributed by atoms with Crippen LogP contribution in [-0.2, 0) is 5.41 Å². The van der Waals surface area contributed by atoms with Crippen molar-refractivity contribution < 1.29 is 9.21 Å². The molecule has 0 aliphatic carbocycles. The predicted octanol–water partition coefficient (Wildman–Crippen LogP) is 3.45. The van der Waals surface area contributed by atoms with E-state index in [1.165, 1.54) is 5.56 Å². The van der Waals surface area contributed by atoms with Crippen LogP contribution in [0.4, 0.5) is 6.01 Å². The van der Waals surface area contributed by atoms with Gasteiger partial charge < -0.3 is 14.2 Å². The number of nitrogens with zero attached hydrogens (tertiary/aromatic N) is 4. The second-order valence-corrected chi connectivity index (χ2v) is 8.18. The summed E-state index contributed by atoms with van der Waals surface area (Å²) < 4.78 is 5.71. The van der Waals surface area contributed by atoms with E-state index in [-0.39, 0.29) is 17.2 Å². The highest BCUT2D eigenvalue weighted by atomic mass is 16.4. The van der Waals surface area contributed by atoms with E-state index in [9.17, 15) is 4.79 Å². The molecule has 1 aromatic heterocycles. The fraction of sp³-hybridized carbons (Fsp3) is 0.550. The van der Waals surface area contributed by atoms with Gasteiger partial charge in [-0.1, -0.05) is 51.9 Å². The minimum atomic E-state index is 0.0820. The lowest BCUT2D eigenvalue weighted by Gasteiger charge is -2.33. The first-order valence-corrected chi connectivity index (χ1v) is 9.24. The summed E-state index contributed by atoms with van der Waals surface area (Å²) in [5.74, 6) is 0.950. The van der Waals surface area contributed by atoms with Gasteiger partial charge in [-0.25, -0.2) is 0 Å². The van der Waals surface area contributed by atoms with Crippen LogP contribution in [0.25, 0.3) is 0 Å². The SMILES string of the molecule is CC(C)c1nnc(N2CCN(C(=O)c3ccc(C(C)(C)C)cc3)CC2)o1. The van der Waals surface area contributed by atoms with Crippen molar-refractivity contribution in [3.05, 3.63) is 41.3 Å². The van der Waals surface area contributed by atoms with Crippen molar-refractivity contribution in [3.8, 4) is 0 Å². The maximum Gasteiger partial charge on any atom is 0.318 e. The lowest BCUT2D eigenvalue weighted by atomic mass is 9.86. The molecule has 1 amide bonds. The molecule has 3 rings (SSSR count). The second kappa shape index (κ2) is 7.09. The molecule has 1 aliphatic rings. The second-order valence-electron chi connectivity index (χ2n) is 8.18. The lowest BCUT2D eigenvalue weighted by Crippen LogP contribution is -2.49. The van der Waals surface area contributed by atoms with Gasteiger partial charge in [0.25, 0.3) is 5.91 Å². The number of carbonyl (C=O) groups excluding carboxylic acids is 1. The summed E-state index contributed by atoms with van der Waals surface area (Å²) in [6.45, 7) is 13.3. The van der Waals surface area contributed by atoms with E-state index in [1.807, 2.05) is 35.8 Å². The molecular formula is C20H28N4O2. The molecule has 2 heterocycles. The Bertz CT molecular complexity index is 751. The summed E-state index contributed by atoms with van der Waals surface area (Å²) in [4.78, 5) is 16.7. The normalized spacial score (nSPS) is 15.6. The van der Waals surface area contributed by atoms with Gasteiger partial charge in [0.1, 0.15) is 0 Å². The summed E-state index contributed by atoms with van der Waals surface area (Å²) in [5, 5.41) is 8.21. The Labute approximate surface area is 155 Å². The molecule has 1 aromatic carbocycles.